The van der Waals surface area contributed by atoms with Crippen LogP contribution in [0.2, 0.25) is 5.02 Å². The van der Waals surface area contributed by atoms with Crippen LogP contribution in [0.1, 0.15) is 25.3 Å². The van der Waals surface area contributed by atoms with Crippen LogP contribution in [0.15, 0.2) is 17.4 Å². The number of nitrogens with two attached hydrogens (primary N) is 1. The number of halogens is 1. The molecule has 0 bridgehead atoms. The summed E-state index contributed by atoms with van der Waals surface area (Å²) in [6.45, 7) is 4.10. The molecule has 0 aliphatic carbocycles. The van der Waals surface area contributed by atoms with Crippen LogP contribution in [-0.4, -0.2) is 29.1 Å². The number of pyridine rings is 1. The Bertz CT molecular complexity index is 463. The standard InChI is InChI=1S/C12H17ClN4O/c1-2-8-4-6-17(7-8)12-10(13)9(3-5-15-12)11(14)16-18/h3,5,8,18H,2,4,6-7H2,1H3,(H2,14,16). The molecule has 1 aromatic rings. The van der Waals surface area contributed by atoms with E-state index in [1.807, 2.05) is 0 Å². The van der Waals surface area contributed by atoms with Crippen molar-refractivity contribution in [1.82, 2.24) is 4.98 Å². The Kier molecular flexibility index (Phi) is 3.91. The molecule has 1 fully saturated rings. The molecule has 2 heterocycles. The summed E-state index contributed by atoms with van der Waals surface area (Å²) in [7, 11) is 0. The van der Waals surface area contributed by atoms with Crippen LogP contribution in [0.4, 0.5) is 5.82 Å². The van der Waals surface area contributed by atoms with Crippen molar-refractivity contribution < 1.29 is 5.21 Å². The molecule has 6 heteroatoms. The predicted molar refractivity (Wildman–Crippen MR) is 72.4 cm³/mol. The van der Waals surface area contributed by atoms with Gasteiger partial charge in [0.2, 0.25) is 0 Å². The lowest BCUT2D eigenvalue weighted by Crippen LogP contribution is -2.23. The quantitative estimate of drug-likeness (QED) is 0.381. The van der Waals surface area contributed by atoms with Crippen LogP contribution >= 0.6 is 11.6 Å². The molecule has 98 valence electrons. The Morgan fingerprint density at radius 1 is 1.72 bits per heavy atom. The zero-order valence-electron chi connectivity index (χ0n) is 10.3. The fraction of sp³-hybridized carbons (Fsp3) is 0.500. The SMILES string of the molecule is CCC1CCN(c2nccc(/C(N)=N/O)c2Cl)C1. The third-order valence-corrected chi connectivity index (χ3v) is 3.79. The normalized spacial score (nSPS) is 20.4. The maximum absolute atomic E-state index is 8.72. The van der Waals surface area contributed by atoms with Crippen molar-refractivity contribution in [2.75, 3.05) is 18.0 Å². The lowest BCUT2D eigenvalue weighted by molar-refractivity contribution is 0.318. The van der Waals surface area contributed by atoms with Crippen molar-refractivity contribution in [3.63, 3.8) is 0 Å². The first kappa shape index (κ1) is 13.0. The third kappa shape index (κ3) is 2.36. The minimum absolute atomic E-state index is 0.00916. The Labute approximate surface area is 111 Å². The average Bonchev–Trinajstić information content (AvgIpc) is 2.86. The number of amidine groups is 1. The average molecular weight is 269 g/mol. The second kappa shape index (κ2) is 5.44. The second-order valence-corrected chi connectivity index (χ2v) is 4.87. The molecular weight excluding hydrogens is 252 g/mol. The maximum Gasteiger partial charge on any atom is 0.171 e. The lowest BCUT2D eigenvalue weighted by Gasteiger charge is -2.19. The van der Waals surface area contributed by atoms with E-state index in [9.17, 15) is 0 Å². The molecule has 1 aliphatic heterocycles. The number of rotatable bonds is 3. The minimum Gasteiger partial charge on any atom is -0.409 e. The molecule has 0 aromatic carbocycles. The predicted octanol–water partition coefficient (Wildman–Crippen LogP) is 2.07. The number of anilines is 1. The minimum atomic E-state index is 0.00916. The van der Waals surface area contributed by atoms with Gasteiger partial charge in [-0.05, 0) is 18.4 Å². The summed E-state index contributed by atoms with van der Waals surface area (Å²) in [6, 6.07) is 1.65. The van der Waals surface area contributed by atoms with E-state index in [1.54, 1.807) is 12.3 Å². The van der Waals surface area contributed by atoms with E-state index in [-0.39, 0.29) is 5.84 Å². The van der Waals surface area contributed by atoms with Gasteiger partial charge in [-0.25, -0.2) is 4.98 Å². The van der Waals surface area contributed by atoms with Crippen molar-refractivity contribution in [2.24, 2.45) is 16.8 Å². The number of nitrogens with zero attached hydrogens (tertiary/aromatic N) is 3. The van der Waals surface area contributed by atoms with Crippen LogP contribution in [0.25, 0.3) is 0 Å². The summed E-state index contributed by atoms with van der Waals surface area (Å²) in [5.74, 6) is 1.42. The monoisotopic (exact) mass is 268 g/mol. The van der Waals surface area contributed by atoms with Gasteiger partial charge >= 0.3 is 0 Å². The van der Waals surface area contributed by atoms with Crippen molar-refractivity contribution in [3.8, 4) is 0 Å². The van der Waals surface area contributed by atoms with Gasteiger partial charge in [0.05, 0.1) is 5.02 Å². The highest BCUT2D eigenvalue weighted by molar-refractivity contribution is 6.36. The topological polar surface area (TPSA) is 74.7 Å². The smallest absolute Gasteiger partial charge is 0.171 e. The van der Waals surface area contributed by atoms with E-state index >= 15 is 0 Å². The molecule has 1 saturated heterocycles. The van der Waals surface area contributed by atoms with Crippen LogP contribution in [0.3, 0.4) is 0 Å². The largest absolute Gasteiger partial charge is 0.409 e. The van der Waals surface area contributed by atoms with E-state index in [2.05, 4.69) is 22.0 Å². The molecule has 18 heavy (non-hydrogen) atoms. The van der Waals surface area contributed by atoms with E-state index in [0.717, 1.165) is 31.7 Å². The molecule has 0 saturated carbocycles. The molecule has 0 amide bonds. The highest BCUT2D eigenvalue weighted by atomic mass is 35.5. The molecule has 1 unspecified atom stereocenters. The Morgan fingerprint density at radius 3 is 3.11 bits per heavy atom. The van der Waals surface area contributed by atoms with Gasteiger partial charge in [0.15, 0.2) is 5.84 Å². The maximum atomic E-state index is 8.72. The third-order valence-electron chi connectivity index (χ3n) is 3.42. The van der Waals surface area contributed by atoms with Crippen molar-refractivity contribution in [1.29, 1.82) is 0 Å². The van der Waals surface area contributed by atoms with E-state index in [1.165, 1.54) is 0 Å². The van der Waals surface area contributed by atoms with Gasteiger partial charge in [0.25, 0.3) is 0 Å². The van der Waals surface area contributed by atoms with Crippen LogP contribution < -0.4 is 10.6 Å². The van der Waals surface area contributed by atoms with E-state index < -0.39 is 0 Å². The van der Waals surface area contributed by atoms with Gasteiger partial charge in [-0.3, -0.25) is 0 Å². The van der Waals surface area contributed by atoms with Crippen molar-refractivity contribution in [3.05, 3.63) is 22.8 Å². The molecule has 1 aromatic heterocycles. The first-order chi connectivity index (χ1) is 8.67. The summed E-state index contributed by atoms with van der Waals surface area (Å²) in [5, 5.41) is 12.2. The van der Waals surface area contributed by atoms with Gasteiger partial charge in [0.1, 0.15) is 5.82 Å². The Hall–Kier alpha value is -1.49. The van der Waals surface area contributed by atoms with Crippen LogP contribution in [0, 0.1) is 5.92 Å². The van der Waals surface area contributed by atoms with Gasteiger partial charge in [-0.15, -0.1) is 0 Å². The summed E-state index contributed by atoms with van der Waals surface area (Å²) < 4.78 is 0. The van der Waals surface area contributed by atoms with Gasteiger partial charge in [-0.1, -0.05) is 30.1 Å². The number of oxime groups is 1. The second-order valence-electron chi connectivity index (χ2n) is 4.49. The van der Waals surface area contributed by atoms with E-state index in [4.69, 9.17) is 22.5 Å². The first-order valence-corrected chi connectivity index (χ1v) is 6.42. The molecule has 2 rings (SSSR count). The molecule has 1 aliphatic rings. The molecule has 0 spiro atoms. The lowest BCUT2D eigenvalue weighted by atomic mass is 10.1. The van der Waals surface area contributed by atoms with E-state index in [0.29, 0.717) is 16.5 Å². The Morgan fingerprint density at radius 2 is 2.50 bits per heavy atom. The Balaban J connectivity index is 2.30. The molecular formula is C12H17ClN4O. The summed E-state index contributed by atoms with van der Waals surface area (Å²) in [4.78, 5) is 6.47. The highest BCUT2D eigenvalue weighted by Crippen LogP contribution is 2.31. The molecule has 1 atom stereocenters. The zero-order chi connectivity index (χ0) is 13.1. The number of hydrogen-bond acceptors (Lipinski definition) is 4. The fourth-order valence-electron chi connectivity index (χ4n) is 2.26. The highest BCUT2D eigenvalue weighted by Gasteiger charge is 2.24. The molecule has 0 radical (unpaired) electrons. The zero-order valence-corrected chi connectivity index (χ0v) is 11.1. The van der Waals surface area contributed by atoms with Crippen LogP contribution in [0.5, 0.6) is 0 Å². The van der Waals surface area contributed by atoms with Crippen molar-refractivity contribution >= 4 is 23.3 Å². The van der Waals surface area contributed by atoms with Gasteiger partial charge < -0.3 is 15.8 Å². The summed E-state index contributed by atoms with van der Waals surface area (Å²) in [5.41, 5.74) is 6.10. The number of aromatic nitrogens is 1. The summed E-state index contributed by atoms with van der Waals surface area (Å²) >= 11 is 6.28. The molecule has 3 N–H and O–H groups in total. The molecule has 5 nitrogen and oxygen atoms in total. The number of hydrogen-bond donors (Lipinski definition) is 2. The van der Waals surface area contributed by atoms with Gasteiger partial charge in [-0.2, -0.15) is 0 Å². The van der Waals surface area contributed by atoms with Gasteiger partial charge in [0, 0.05) is 24.8 Å². The van der Waals surface area contributed by atoms with Crippen molar-refractivity contribution in [2.45, 2.75) is 19.8 Å². The summed E-state index contributed by atoms with van der Waals surface area (Å²) in [6.07, 6.45) is 3.95. The first-order valence-electron chi connectivity index (χ1n) is 6.04. The van der Waals surface area contributed by atoms with Crippen LogP contribution in [-0.2, 0) is 0 Å². The fourth-order valence-corrected chi connectivity index (χ4v) is 2.59.